The van der Waals surface area contributed by atoms with Gasteiger partial charge in [0.25, 0.3) is 0 Å². The summed E-state index contributed by atoms with van der Waals surface area (Å²) in [5.41, 5.74) is 1.76. The summed E-state index contributed by atoms with van der Waals surface area (Å²) in [5.74, 6) is -0.376. The van der Waals surface area contributed by atoms with Gasteiger partial charge in [0.1, 0.15) is 6.54 Å². The van der Waals surface area contributed by atoms with Crippen molar-refractivity contribution < 1.29 is 14.3 Å². The zero-order chi connectivity index (χ0) is 14.8. The summed E-state index contributed by atoms with van der Waals surface area (Å²) in [5, 5.41) is 0. The van der Waals surface area contributed by atoms with Crippen molar-refractivity contribution in [2.24, 2.45) is 0 Å². The lowest BCUT2D eigenvalue weighted by Crippen LogP contribution is -2.51. The van der Waals surface area contributed by atoms with Crippen LogP contribution in [0.15, 0.2) is 24.3 Å². The molecule has 2 rings (SSSR count). The lowest BCUT2D eigenvalue weighted by Gasteiger charge is -2.43. The molecule has 4 nitrogen and oxygen atoms in total. The molecule has 1 fully saturated rings. The summed E-state index contributed by atoms with van der Waals surface area (Å²) in [6.07, 6.45) is 2.74. The van der Waals surface area contributed by atoms with E-state index in [4.69, 9.17) is 0 Å². The fourth-order valence-electron chi connectivity index (χ4n) is 2.79. The number of methoxy groups -OCH3 is 1. The third-order valence-corrected chi connectivity index (χ3v) is 4.13. The van der Waals surface area contributed by atoms with Gasteiger partial charge in [-0.25, -0.2) is 0 Å². The third-order valence-electron chi connectivity index (χ3n) is 4.13. The number of rotatable bonds is 4. The second kappa shape index (κ2) is 5.65. The highest BCUT2D eigenvalue weighted by atomic mass is 16.5. The lowest BCUT2D eigenvalue weighted by molar-refractivity contribution is -0.149. The Labute approximate surface area is 119 Å². The Hall–Kier alpha value is -1.84. The van der Waals surface area contributed by atoms with Crippen molar-refractivity contribution >= 4 is 11.9 Å². The van der Waals surface area contributed by atoms with E-state index < -0.39 is 5.41 Å². The lowest BCUT2D eigenvalue weighted by atomic mass is 9.63. The third kappa shape index (κ3) is 2.55. The van der Waals surface area contributed by atoms with Crippen LogP contribution in [0.1, 0.15) is 30.4 Å². The molecular weight excluding hydrogens is 254 g/mol. The normalized spacial score (nSPS) is 16.1. The first-order valence-electron chi connectivity index (χ1n) is 6.89. The number of esters is 1. The number of benzene rings is 1. The van der Waals surface area contributed by atoms with Gasteiger partial charge in [0.05, 0.1) is 12.5 Å². The summed E-state index contributed by atoms with van der Waals surface area (Å²) >= 11 is 0. The highest BCUT2D eigenvalue weighted by molar-refractivity contribution is 5.91. The highest BCUT2D eigenvalue weighted by Gasteiger charge is 2.47. The van der Waals surface area contributed by atoms with Gasteiger partial charge >= 0.3 is 5.97 Å². The molecular formula is C16H21NO3. The summed E-state index contributed by atoms with van der Waals surface area (Å²) in [6.45, 7) is 2.03. The summed E-state index contributed by atoms with van der Waals surface area (Å²) < 4.78 is 4.63. The van der Waals surface area contributed by atoms with Crippen LogP contribution in [-0.4, -0.2) is 37.5 Å². The van der Waals surface area contributed by atoms with E-state index in [0.29, 0.717) is 0 Å². The van der Waals surface area contributed by atoms with Crippen molar-refractivity contribution in [3.63, 3.8) is 0 Å². The van der Waals surface area contributed by atoms with E-state index in [9.17, 15) is 9.59 Å². The number of aryl methyl sites for hydroxylation is 1. The van der Waals surface area contributed by atoms with Crippen LogP contribution >= 0.6 is 0 Å². The molecule has 1 aromatic rings. The number of carbonyl (C=O) groups is 2. The Bertz CT molecular complexity index is 520. The molecule has 0 aliphatic heterocycles. The van der Waals surface area contributed by atoms with Gasteiger partial charge in [0.15, 0.2) is 0 Å². The Balaban J connectivity index is 2.23. The van der Waals surface area contributed by atoms with E-state index in [2.05, 4.69) is 10.8 Å². The van der Waals surface area contributed by atoms with E-state index in [-0.39, 0.29) is 18.4 Å². The first-order chi connectivity index (χ1) is 9.49. The first kappa shape index (κ1) is 14.6. The number of nitrogens with zero attached hydrogens (tertiary/aromatic N) is 1. The van der Waals surface area contributed by atoms with Crippen LogP contribution in [0.2, 0.25) is 0 Å². The molecule has 0 N–H and O–H groups in total. The quantitative estimate of drug-likeness (QED) is 0.790. The molecule has 20 heavy (non-hydrogen) atoms. The largest absolute Gasteiger partial charge is 0.468 e. The van der Waals surface area contributed by atoms with Crippen molar-refractivity contribution in [1.29, 1.82) is 0 Å². The molecule has 0 radical (unpaired) electrons. The smallest absolute Gasteiger partial charge is 0.325 e. The molecule has 4 heteroatoms. The van der Waals surface area contributed by atoms with Crippen molar-refractivity contribution in [3.05, 3.63) is 35.4 Å². The molecule has 0 aromatic heterocycles. The summed E-state index contributed by atoms with van der Waals surface area (Å²) in [4.78, 5) is 25.5. The van der Waals surface area contributed by atoms with Gasteiger partial charge in [0.2, 0.25) is 5.91 Å². The Kier molecular flexibility index (Phi) is 4.12. The number of likely N-dealkylation sites (N-methyl/N-ethyl adjacent to an activating group) is 1. The van der Waals surface area contributed by atoms with E-state index in [0.717, 1.165) is 30.4 Å². The van der Waals surface area contributed by atoms with Gasteiger partial charge < -0.3 is 9.64 Å². The Morgan fingerprint density at radius 3 is 2.55 bits per heavy atom. The zero-order valence-corrected chi connectivity index (χ0v) is 12.3. The molecule has 0 unspecified atom stereocenters. The average molecular weight is 275 g/mol. The molecule has 0 saturated heterocycles. The maximum absolute atomic E-state index is 12.7. The topological polar surface area (TPSA) is 46.6 Å². The number of amides is 1. The van der Waals surface area contributed by atoms with Gasteiger partial charge in [-0.05, 0) is 25.3 Å². The number of hydrogen-bond acceptors (Lipinski definition) is 3. The Morgan fingerprint density at radius 1 is 1.35 bits per heavy atom. The molecule has 1 saturated carbocycles. The minimum atomic E-state index is -0.450. The van der Waals surface area contributed by atoms with Gasteiger partial charge in [-0.3, -0.25) is 9.59 Å². The van der Waals surface area contributed by atoms with Crippen molar-refractivity contribution in [2.75, 3.05) is 20.7 Å². The standard InChI is InChI=1S/C16H21NO3/c1-12-6-4-7-13(10-12)16(8-5-9-16)15(19)17(2)11-14(18)20-3/h4,6-7,10H,5,8-9,11H2,1-3H3. The maximum Gasteiger partial charge on any atom is 0.325 e. The maximum atomic E-state index is 12.7. The fraction of sp³-hybridized carbons (Fsp3) is 0.500. The molecule has 0 atom stereocenters. The minimum absolute atomic E-state index is 0.00288. The van der Waals surface area contributed by atoms with Crippen LogP contribution in [0.3, 0.4) is 0 Å². The van der Waals surface area contributed by atoms with Crippen LogP contribution in [0, 0.1) is 6.92 Å². The van der Waals surface area contributed by atoms with Crippen LogP contribution in [-0.2, 0) is 19.7 Å². The Morgan fingerprint density at radius 2 is 2.05 bits per heavy atom. The summed E-state index contributed by atoms with van der Waals surface area (Å²) in [6, 6.07) is 8.09. The average Bonchev–Trinajstić information content (AvgIpc) is 2.37. The molecule has 0 spiro atoms. The monoisotopic (exact) mass is 275 g/mol. The van der Waals surface area contributed by atoms with E-state index >= 15 is 0 Å². The predicted octanol–water partition coefficient (Wildman–Crippen LogP) is 2.05. The van der Waals surface area contributed by atoms with Gasteiger partial charge in [-0.15, -0.1) is 0 Å². The number of ether oxygens (including phenoxy) is 1. The van der Waals surface area contributed by atoms with E-state index in [1.165, 1.54) is 12.0 Å². The minimum Gasteiger partial charge on any atom is -0.468 e. The SMILES string of the molecule is COC(=O)CN(C)C(=O)C1(c2cccc(C)c2)CCC1. The molecule has 108 valence electrons. The van der Waals surface area contributed by atoms with E-state index in [1.54, 1.807) is 7.05 Å². The van der Waals surface area contributed by atoms with Gasteiger partial charge in [-0.1, -0.05) is 36.2 Å². The fourth-order valence-corrected chi connectivity index (χ4v) is 2.79. The van der Waals surface area contributed by atoms with Crippen molar-refractivity contribution in [1.82, 2.24) is 4.90 Å². The second-order valence-corrected chi connectivity index (χ2v) is 5.54. The molecule has 1 aliphatic rings. The molecule has 1 amide bonds. The number of hydrogen-bond donors (Lipinski definition) is 0. The second-order valence-electron chi connectivity index (χ2n) is 5.54. The summed E-state index contributed by atoms with van der Waals surface area (Å²) in [7, 11) is 3.00. The highest BCUT2D eigenvalue weighted by Crippen LogP contribution is 2.45. The molecule has 0 heterocycles. The van der Waals surface area contributed by atoms with Gasteiger partial charge in [0, 0.05) is 7.05 Å². The van der Waals surface area contributed by atoms with Crippen LogP contribution in [0.25, 0.3) is 0 Å². The van der Waals surface area contributed by atoms with E-state index in [1.807, 2.05) is 25.1 Å². The molecule has 1 aromatic carbocycles. The molecule has 0 bridgehead atoms. The number of carbonyl (C=O) groups excluding carboxylic acids is 2. The van der Waals surface area contributed by atoms with Crippen molar-refractivity contribution in [3.8, 4) is 0 Å². The van der Waals surface area contributed by atoms with Crippen LogP contribution in [0.4, 0.5) is 0 Å². The zero-order valence-electron chi connectivity index (χ0n) is 12.3. The van der Waals surface area contributed by atoms with Gasteiger partial charge in [-0.2, -0.15) is 0 Å². The molecule has 1 aliphatic carbocycles. The predicted molar refractivity (Wildman–Crippen MR) is 76.4 cm³/mol. The van der Waals surface area contributed by atoms with Crippen molar-refractivity contribution in [2.45, 2.75) is 31.6 Å². The first-order valence-corrected chi connectivity index (χ1v) is 6.89. The van der Waals surface area contributed by atoms with Crippen LogP contribution in [0.5, 0.6) is 0 Å². The van der Waals surface area contributed by atoms with Crippen LogP contribution < -0.4 is 0 Å².